The van der Waals surface area contributed by atoms with E-state index in [1.54, 1.807) is 19.2 Å². The Hall–Kier alpha value is -3.19. The van der Waals surface area contributed by atoms with Crippen molar-refractivity contribution in [3.8, 4) is 11.1 Å². The van der Waals surface area contributed by atoms with Crippen LogP contribution in [-0.4, -0.2) is 55.4 Å². The van der Waals surface area contributed by atoms with E-state index in [9.17, 15) is 22.4 Å². The summed E-state index contributed by atoms with van der Waals surface area (Å²) in [4.78, 5) is 25.0. The summed E-state index contributed by atoms with van der Waals surface area (Å²) in [6.45, 7) is 2.39. The second-order valence-electron chi connectivity index (χ2n) is 8.91. The first-order valence-corrected chi connectivity index (χ1v) is 13.3. The van der Waals surface area contributed by atoms with Crippen molar-refractivity contribution in [3.63, 3.8) is 0 Å². The number of methoxy groups -OCH3 is 1. The Morgan fingerprint density at radius 3 is 2.49 bits per heavy atom. The molecule has 0 aliphatic heterocycles. The normalized spacial score (nSPS) is 13.5. The molecular weight excluding hydrogens is 508 g/mol. The van der Waals surface area contributed by atoms with Crippen LogP contribution in [0.2, 0.25) is 0 Å². The third kappa shape index (κ3) is 6.04. The van der Waals surface area contributed by atoms with Crippen LogP contribution in [0.25, 0.3) is 21.9 Å². The number of ether oxygens (including phenoxy) is 1. The summed E-state index contributed by atoms with van der Waals surface area (Å²) in [7, 11) is -2.40. The lowest BCUT2D eigenvalue weighted by Crippen LogP contribution is -2.50. The van der Waals surface area contributed by atoms with Crippen molar-refractivity contribution in [2.45, 2.75) is 31.2 Å². The number of hydrogen-bond donors (Lipinski definition) is 3. The van der Waals surface area contributed by atoms with Crippen molar-refractivity contribution in [3.05, 3.63) is 70.1 Å². The van der Waals surface area contributed by atoms with Crippen molar-refractivity contribution < 1.29 is 31.9 Å². The molecule has 9 nitrogen and oxygen atoms in total. The van der Waals surface area contributed by atoms with Gasteiger partial charge in [0.2, 0.25) is 0 Å². The highest BCUT2D eigenvalue weighted by atomic mass is 32.2. The van der Waals surface area contributed by atoms with Crippen LogP contribution in [0.1, 0.15) is 18.9 Å². The number of benzene rings is 2. The van der Waals surface area contributed by atoms with E-state index in [2.05, 4.69) is 5.32 Å². The average Bonchev–Trinajstić information content (AvgIpc) is 2.86. The Morgan fingerprint density at radius 1 is 1.14 bits per heavy atom. The van der Waals surface area contributed by atoms with E-state index in [0.29, 0.717) is 25.3 Å². The Bertz CT molecular complexity index is 1480. The zero-order valence-corrected chi connectivity index (χ0v) is 21.5. The third-order valence-corrected chi connectivity index (χ3v) is 8.45. The molecule has 200 valence electrons. The number of pyridine rings is 1. The Morgan fingerprint density at radius 2 is 1.86 bits per heavy atom. The fraction of sp³-hybridized carbons (Fsp3) is 0.360. The van der Waals surface area contributed by atoms with Crippen molar-refractivity contribution in [1.82, 2.24) is 15.4 Å². The van der Waals surface area contributed by atoms with Gasteiger partial charge in [0.25, 0.3) is 11.5 Å². The predicted molar refractivity (Wildman–Crippen MR) is 135 cm³/mol. The number of nitrogens with zero attached hydrogens (tertiary/aromatic N) is 1. The first-order valence-electron chi connectivity index (χ1n) is 11.4. The summed E-state index contributed by atoms with van der Waals surface area (Å²) in [5.41, 5.74) is 2.06. The number of hydroxylamine groups is 1. The number of aromatic nitrogens is 1. The monoisotopic (exact) mass is 537 g/mol. The minimum atomic E-state index is -3.99. The molecule has 37 heavy (non-hydrogen) atoms. The molecule has 0 spiro atoms. The number of fused-ring (bicyclic) bond motifs is 1. The molecule has 2 aromatic carbocycles. The fourth-order valence-corrected chi connectivity index (χ4v) is 4.76. The molecule has 0 aliphatic carbocycles. The van der Waals surface area contributed by atoms with E-state index >= 15 is 4.39 Å². The van der Waals surface area contributed by atoms with Crippen LogP contribution in [0.4, 0.5) is 8.78 Å². The van der Waals surface area contributed by atoms with Crippen LogP contribution in [0, 0.1) is 11.6 Å². The van der Waals surface area contributed by atoms with Gasteiger partial charge >= 0.3 is 0 Å². The van der Waals surface area contributed by atoms with Gasteiger partial charge in [-0.05, 0) is 42.7 Å². The summed E-state index contributed by atoms with van der Waals surface area (Å²) >= 11 is 0. The molecule has 1 atom stereocenters. The van der Waals surface area contributed by atoms with Gasteiger partial charge in [-0.1, -0.05) is 18.2 Å². The molecule has 12 heteroatoms. The molecule has 0 saturated carbocycles. The lowest BCUT2D eigenvalue weighted by Gasteiger charge is -2.25. The van der Waals surface area contributed by atoms with Crippen LogP contribution in [0.3, 0.4) is 0 Å². The maximum absolute atomic E-state index is 15.1. The van der Waals surface area contributed by atoms with Crippen molar-refractivity contribution in [2.24, 2.45) is 0 Å². The van der Waals surface area contributed by atoms with Gasteiger partial charge in [-0.3, -0.25) is 14.8 Å². The molecule has 1 unspecified atom stereocenters. The SMILES string of the molecule is COCCNCc1ccc(-c2ccc3c(=O)n(CCC(C)(C(=O)NO)S(C)(=O)=O)cc(F)c3c2)c(F)c1. The molecular formula is C25H29F2N3O6S. The Balaban J connectivity index is 1.91. The molecule has 0 bridgehead atoms. The summed E-state index contributed by atoms with van der Waals surface area (Å²) in [5.74, 6) is -2.43. The largest absolute Gasteiger partial charge is 0.383 e. The second-order valence-corrected chi connectivity index (χ2v) is 11.4. The number of hydrogen-bond acceptors (Lipinski definition) is 7. The molecule has 0 saturated heterocycles. The van der Waals surface area contributed by atoms with Gasteiger partial charge in [0.15, 0.2) is 14.6 Å². The van der Waals surface area contributed by atoms with Gasteiger partial charge in [-0.2, -0.15) is 0 Å². The minimum Gasteiger partial charge on any atom is -0.383 e. The van der Waals surface area contributed by atoms with E-state index in [1.165, 1.54) is 29.7 Å². The zero-order valence-electron chi connectivity index (χ0n) is 20.7. The standard InChI is InChI=1S/C25H29F2N3O6S/c1-25(24(32)29-33,37(3,34)35)8-10-30-15-22(27)20-13-17(5-7-19(20)23(30)31)18-6-4-16(12-21(18)26)14-28-9-11-36-2/h4-7,12-13,15,28,33H,8-11,14H2,1-3H3,(H,29,32). The molecule has 0 radical (unpaired) electrons. The van der Waals surface area contributed by atoms with Crippen molar-refractivity contribution in [2.75, 3.05) is 26.5 Å². The van der Waals surface area contributed by atoms with Crippen molar-refractivity contribution >= 4 is 26.5 Å². The second kappa shape index (κ2) is 11.5. The topological polar surface area (TPSA) is 127 Å². The number of rotatable bonds is 11. The number of halogens is 2. The molecule has 0 fully saturated rings. The van der Waals surface area contributed by atoms with Gasteiger partial charge < -0.3 is 14.6 Å². The fourth-order valence-electron chi connectivity index (χ4n) is 3.91. The molecule has 1 amide bonds. The Kier molecular flexibility index (Phi) is 8.80. The maximum Gasteiger partial charge on any atom is 0.264 e. The summed E-state index contributed by atoms with van der Waals surface area (Å²) in [6, 6.07) is 8.98. The van der Waals surface area contributed by atoms with Crippen LogP contribution < -0.4 is 16.4 Å². The number of amides is 1. The summed E-state index contributed by atoms with van der Waals surface area (Å²) in [6.07, 6.45) is 1.36. The van der Waals surface area contributed by atoms with Crippen LogP contribution in [0.15, 0.2) is 47.4 Å². The molecule has 1 heterocycles. The highest BCUT2D eigenvalue weighted by Crippen LogP contribution is 2.28. The van der Waals surface area contributed by atoms with E-state index in [0.717, 1.165) is 29.5 Å². The molecule has 3 aromatic rings. The number of carbonyl (C=O) groups is 1. The van der Waals surface area contributed by atoms with Crippen LogP contribution >= 0.6 is 0 Å². The summed E-state index contributed by atoms with van der Waals surface area (Å²) in [5, 5.41) is 12.1. The van der Waals surface area contributed by atoms with E-state index in [4.69, 9.17) is 9.94 Å². The van der Waals surface area contributed by atoms with Gasteiger partial charge in [-0.25, -0.2) is 22.7 Å². The van der Waals surface area contributed by atoms with E-state index in [-0.39, 0.29) is 29.3 Å². The highest BCUT2D eigenvalue weighted by Gasteiger charge is 2.43. The van der Waals surface area contributed by atoms with E-state index in [1.807, 2.05) is 0 Å². The van der Waals surface area contributed by atoms with Crippen LogP contribution in [0.5, 0.6) is 0 Å². The highest BCUT2D eigenvalue weighted by molar-refractivity contribution is 7.92. The lowest BCUT2D eigenvalue weighted by atomic mass is 10.00. The van der Waals surface area contributed by atoms with Gasteiger partial charge in [0.1, 0.15) is 11.6 Å². The van der Waals surface area contributed by atoms with Crippen molar-refractivity contribution in [1.29, 1.82) is 0 Å². The maximum atomic E-state index is 15.1. The average molecular weight is 538 g/mol. The third-order valence-electron chi connectivity index (χ3n) is 6.42. The number of carbonyl (C=O) groups excluding carboxylic acids is 1. The molecule has 0 aliphatic rings. The number of sulfone groups is 1. The van der Waals surface area contributed by atoms with Gasteiger partial charge in [-0.15, -0.1) is 0 Å². The minimum absolute atomic E-state index is 0.00999. The van der Waals surface area contributed by atoms with E-state index < -0.39 is 37.7 Å². The van der Waals surface area contributed by atoms with Crippen LogP contribution in [-0.2, 0) is 32.5 Å². The molecule has 3 N–H and O–H groups in total. The quantitative estimate of drug-likeness (QED) is 0.195. The number of aryl methyl sites for hydroxylation is 1. The first kappa shape index (κ1) is 28.4. The van der Waals surface area contributed by atoms with Gasteiger partial charge in [0.05, 0.1) is 12.0 Å². The Labute approximate surface area is 212 Å². The molecule has 3 rings (SSSR count). The summed E-state index contributed by atoms with van der Waals surface area (Å²) < 4.78 is 58.1. The predicted octanol–water partition coefficient (Wildman–Crippen LogP) is 2.38. The van der Waals surface area contributed by atoms with Gasteiger partial charge in [0, 0.05) is 50.1 Å². The first-order chi connectivity index (χ1) is 17.4. The number of nitrogens with one attached hydrogen (secondary N) is 2. The smallest absolute Gasteiger partial charge is 0.264 e. The zero-order chi connectivity index (χ0) is 27.4. The lowest BCUT2D eigenvalue weighted by molar-refractivity contribution is -0.131. The molecule has 1 aromatic heterocycles.